The Balaban J connectivity index is 1.49. The molecular formula is C20H20N6O2. The lowest BCUT2D eigenvalue weighted by atomic mass is 9.83. The molecule has 1 saturated heterocycles. The van der Waals surface area contributed by atoms with E-state index in [4.69, 9.17) is 0 Å². The fraction of sp³-hybridized carbons (Fsp3) is 0.350. The number of para-hydroxylation sites is 1. The maximum atomic E-state index is 13.4. The third-order valence-electron chi connectivity index (χ3n) is 5.76. The molecule has 1 aromatic carbocycles. The van der Waals surface area contributed by atoms with Crippen molar-refractivity contribution in [1.82, 2.24) is 29.7 Å². The van der Waals surface area contributed by atoms with Gasteiger partial charge in [0.1, 0.15) is 0 Å². The second-order valence-electron chi connectivity index (χ2n) is 7.56. The fourth-order valence-electron chi connectivity index (χ4n) is 4.53. The summed E-state index contributed by atoms with van der Waals surface area (Å²) in [7, 11) is 0. The van der Waals surface area contributed by atoms with E-state index >= 15 is 0 Å². The number of piperidine rings is 1. The van der Waals surface area contributed by atoms with Gasteiger partial charge in [-0.25, -0.2) is 0 Å². The number of aromatic nitrogens is 5. The number of pyridine rings is 1. The third-order valence-corrected chi connectivity index (χ3v) is 5.76. The third kappa shape index (κ3) is 2.64. The van der Waals surface area contributed by atoms with Crippen LogP contribution in [-0.4, -0.2) is 48.7 Å². The summed E-state index contributed by atoms with van der Waals surface area (Å²) < 4.78 is 3.46. The van der Waals surface area contributed by atoms with E-state index < -0.39 is 0 Å². The topological polar surface area (TPSA) is 85.9 Å². The number of rotatable bonds is 2. The first-order valence-electron chi connectivity index (χ1n) is 9.45. The molecule has 4 heterocycles. The maximum Gasteiger partial charge on any atom is 0.256 e. The molecule has 0 aliphatic carbocycles. The molecule has 5 rings (SSSR count). The maximum absolute atomic E-state index is 13.4. The molecule has 2 atom stereocenters. The molecule has 8 heteroatoms. The number of carbonyl (C=O) groups is 1. The van der Waals surface area contributed by atoms with E-state index in [-0.39, 0.29) is 23.3 Å². The molecule has 1 fully saturated rings. The predicted molar refractivity (Wildman–Crippen MR) is 101 cm³/mol. The molecule has 2 aliphatic rings. The molecule has 0 spiro atoms. The average molecular weight is 376 g/mol. The number of amides is 1. The van der Waals surface area contributed by atoms with Crippen molar-refractivity contribution in [2.24, 2.45) is 5.92 Å². The fourth-order valence-corrected chi connectivity index (χ4v) is 4.53. The summed E-state index contributed by atoms with van der Waals surface area (Å²) >= 11 is 0. The van der Waals surface area contributed by atoms with Crippen LogP contribution in [0, 0.1) is 12.8 Å². The zero-order valence-electron chi connectivity index (χ0n) is 15.5. The monoisotopic (exact) mass is 376 g/mol. The lowest BCUT2D eigenvalue weighted by molar-refractivity contribution is 0.0594. The highest BCUT2D eigenvalue weighted by atomic mass is 16.2. The summed E-state index contributed by atoms with van der Waals surface area (Å²) in [5, 5.41) is 11.6. The SMILES string of the molecule is Cc1nnnn1-c1ccccc1C(=O)N1C[C@@H]2C[C@H](C1)c1cccc(=O)n1C2. The first kappa shape index (κ1) is 16.9. The van der Waals surface area contributed by atoms with Gasteiger partial charge >= 0.3 is 0 Å². The van der Waals surface area contributed by atoms with Gasteiger partial charge in [0.05, 0.1) is 11.3 Å². The molecule has 2 aromatic heterocycles. The second kappa shape index (κ2) is 6.40. The van der Waals surface area contributed by atoms with Gasteiger partial charge in [0.2, 0.25) is 0 Å². The van der Waals surface area contributed by atoms with Crippen molar-refractivity contribution < 1.29 is 4.79 Å². The summed E-state index contributed by atoms with van der Waals surface area (Å²) in [5.74, 6) is 1.08. The normalized spacial score (nSPS) is 20.7. The highest BCUT2D eigenvalue weighted by Crippen LogP contribution is 2.35. The van der Waals surface area contributed by atoms with E-state index in [2.05, 4.69) is 15.5 Å². The number of fused-ring (bicyclic) bond motifs is 4. The van der Waals surface area contributed by atoms with E-state index in [1.165, 1.54) is 0 Å². The molecular weight excluding hydrogens is 356 g/mol. The van der Waals surface area contributed by atoms with Crippen LogP contribution in [0.15, 0.2) is 47.3 Å². The van der Waals surface area contributed by atoms with Crippen LogP contribution in [0.3, 0.4) is 0 Å². The molecule has 142 valence electrons. The second-order valence-corrected chi connectivity index (χ2v) is 7.56. The first-order valence-corrected chi connectivity index (χ1v) is 9.45. The van der Waals surface area contributed by atoms with Crippen LogP contribution in [0.4, 0.5) is 0 Å². The van der Waals surface area contributed by atoms with Crippen molar-refractivity contribution in [1.29, 1.82) is 0 Å². The van der Waals surface area contributed by atoms with E-state index in [1.54, 1.807) is 17.7 Å². The van der Waals surface area contributed by atoms with E-state index in [1.807, 2.05) is 45.9 Å². The van der Waals surface area contributed by atoms with Gasteiger partial charge in [-0.2, -0.15) is 4.68 Å². The van der Waals surface area contributed by atoms with E-state index in [0.717, 1.165) is 12.1 Å². The van der Waals surface area contributed by atoms with Crippen molar-refractivity contribution in [3.63, 3.8) is 0 Å². The Morgan fingerprint density at radius 2 is 1.93 bits per heavy atom. The van der Waals surface area contributed by atoms with Crippen molar-refractivity contribution in [3.05, 3.63) is 69.9 Å². The highest BCUT2D eigenvalue weighted by molar-refractivity contribution is 5.97. The minimum absolute atomic E-state index is 0.0214. The van der Waals surface area contributed by atoms with Gasteiger partial charge < -0.3 is 9.47 Å². The van der Waals surface area contributed by atoms with Gasteiger partial charge in [0, 0.05) is 37.3 Å². The Morgan fingerprint density at radius 1 is 1.07 bits per heavy atom. The van der Waals surface area contributed by atoms with Gasteiger partial charge in [-0.3, -0.25) is 9.59 Å². The number of aryl methyl sites for hydroxylation is 1. The largest absolute Gasteiger partial charge is 0.338 e. The molecule has 2 bridgehead atoms. The predicted octanol–water partition coefficient (Wildman–Crippen LogP) is 1.39. The van der Waals surface area contributed by atoms with Crippen LogP contribution in [0.1, 0.15) is 34.2 Å². The van der Waals surface area contributed by atoms with Crippen LogP contribution >= 0.6 is 0 Å². The molecule has 1 amide bonds. The Hall–Kier alpha value is -3.29. The Bertz CT molecular complexity index is 1120. The van der Waals surface area contributed by atoms with Crippen LogP contribution in [0.25, 0.3) is 5.69 Å². The van der Waals surface area contributed by atoms with Crippen molar-refractivity contribution in [2.75, 3.05) is 13.1 Å². The van der Waals surface area contributed by atoms with Crippen LogP contribution in [-0.2, 0) is 6.54 Å². The Morgan fingerprint density at radius 3 is 2.75 bits per heavy atom. The minimum Gasteiger partial charge on any atom is -0.338 e. The van der Waals surface area contributed by atoms with Gasteiger partial charge in [-0.05, 0) is 47.9 Å². The summed E-state index contributed by atoms with van der Waals surface area (Å²) in [5.41, 5.74) is 2.35. The number of nitrogens with zero attached hydrogens (tertiary/aromatic N) is 6. The minimum atomic E-state index is -0.0214. The first-order chi connectivity index (χ1) is 13.6. The quantitative estimate of drug-likeness (QED) is 0.675. The number of likely N-dealkylation sites (tertiary alicyclic amines) is 1. The molecule has 0 radical (unpaired) electrons. The van der Waals surface area contributed by atoms with E-state index in [9.17, 15) is 9.59 Å². The zero-order chi connectivity index (χ0) is 19.3. The van der Waals surface area contributed by atoms with Crippen LogP contribution in [0.5, 0.6) is 0 Å². The summed E-state index contributed by atoms with van der Waals surface area (Å²) in [4.78, 5) is 27.5. The molecule has 8 nitrogen and oxygen atoms in total. The summed E-state index contributed by atoms with van der Waals surface area (Å²) in [6.07, 6.45) is 1.01. The molecule has 0 saturated carbocycles. The summed E-state index contributed by atoms with van der Waals surface area (Å²) in [6, 6.07) is 12.8. The van der Waals surface area contributed by atoms with Gasteiger partial charge in [-0.15, -0.1) is 5.10 Å². The molecule has 3 aromatic rings. The van der Waals surface area contributed by atoms with Gasteiger partial charge in [0.15, 0.2) is 5.82 Å². The van der Waals surface area contributed by atoms with Crippen molar-refractivity contribution in [2.45, 2.75) is 25.8 Å². The number of hydrogen-bond acceptors (Lipinski definition) is 5. The number of carbonyl (C=O) groups excluding carboxylic acids is 1. The molecule has 0 N–H and O–H groups in total. The molecule has 0 unspecified atom stereocenters. The van der Waals surface area contributed by atoms with Gasteiger partial charge in [0.25, 0.3) is 11.5 Å². The lowest BCUT2D eigenvalue weighted by Crippen LogP contribution is -2.49. The molecule has 2 aliphatic heterocycles. The average Bonchev–Trinajstić information content (AvgIpc) is 3.14. The lowest BCUT2D eigenvalue weighted by Gasteiger charge is -2.42. The number of tetrazole rings is 1. The smallest absolute Gasteiger partial charge is 0.256 e. The summed E-state index contributed by atoms with van der Waals surface area (Å²) in [6.45, 7) is 3.74. The molecule has 28 heavy (non-hydrogen) atoms. The Labute approximate surface area is 161 Å². The number of benzene rings is 1. The highest BCUT2D eigenvalue weighted by Gasteiger charge is 2.37. The van der Waals surface area contributed by atoms with Crippen LogP contribution in [0.2, 0.25) is 0 Å². The van der Waals surface area contributed by atoms with E-state index in [0.29, 0.717) is 36.7 Å². The van der Waals surface area contributed by atoms with Gasteiger partial charge in [-0.1, -0.05) is 18.2 Å². The van der Waals surface area contributed by atoms with Crippen molar-refractivity contribution in [3.8, 4) is 5.69 Å². The standard InChI is InChI=1S/C20H20N6O2/c1-13-21-22-23-26(13)18-6-3-2-5-16(18)20(28)24-10-14-9-15(12-24)17-7-4-8-19(27)25(17)11-14/h2-8,14-15H,9-12H2,1H3/t14-,15+/m0/s1. The zero-order valence-corrected chi connectivity index (χ0v) is 15.5. The number of hydrogen-bond donors (Lipinski definition) is 0. The Kier molecular flexibility index (Phi) is 3.85. The van der Waals surface area contributed by atoms with Crippen molar-refractivity contribution >= 4 is 5.91 Å². The van der Waals surface area contributed by atoms with Crippen LogP contribution < -0.4 is 5.56 Å².